The Bertz CT molecular complexity index is 531. The van der Waals surface area contributed by atoms with E-state index >= 15 is 0 Å². The minimum absolute atomic E-state index is 0.196. The third-order valence-corrected chi connectivity index (χ3v) is 2.28. The number of rotatable bonds is 1. The van der Waals surface area contributed by atoms with Crippen molar-refractivity contribution in [2.45, 2.75) is 13.1 Å². The van der Waals surface area contributed by atoms with Crippen LogP contribution in [-0.4, -0.2) is 10.1 Å². The molecular weight excluding hydrogens is 235 g/mol. The third kappa shape index (κ3) is 2.08. The molecule has 17 heavy (non-hydrogen) atoms. The van der Waals surface area contributed by atoms with Gasteiger partial charge in [-0.25, -0.2) is 0 Å². The zero-order valence-electron chi connectivity index (χ0n) is 8.75. The van der Waals surface area contributed by atoms with E-state index in [-0.39, 0.29) is 17.3 Å². The molecule has 0 aliphatic heterocycles. The average Bonchev–Trinajstić information content (AvgIpc) is 2.59. The van der Waals surface area contributed by atoms with E-state index in [4.69, 9.17) is 10.3 Å². The lowest BCUT2D eigenvalue weighted by Crippen LogP contribution is -2.05. The van der Waals surface area contributed by atoms with Crippen molar-refractivity contribution in [1.29, 1.82) is 0 Å². The summed E-state index contributed by atoms with van der Waals surface area (Å²) in [4.78, 5) is 3.68. The van der Waals surface area contributed by atoms with E-state index in [0.717, 1.165) is 12.3 Å². The van der Waals surface area contributed by atoms with Crippen LogP contribution in [0.5, 0.6) is 0 Å². The minimum atomic E-state index is -4.40. The predicted molar refractivity (Wildman–Crippen MR) is 53.9 cm³/mol. The fraction of sp³-hybridized carbons (Fsp3) is 0.200. The Morgan fingerprint density at radius 3 is 2.41 bits per heavy atom. The molecule has 0 radical (unpaired) electrons. The summed E-state index contributed by atoms with van der Waals surface area (Å²) < 4.78 is 41.8. The van der Waals surface area contributed by atoms with Gasteiger partial charge in [-0.2, -0.15) is 13.2 Å². The maximum Gasteiger partial charge on any atom is 0.417 e. The van der Waals surface area contributed by atoms with Gasteiger partial charge >= 0.3 is 6.18 Å². The van der Waals surface area contributed by atoms with E-state index in [1.165, 1.54) is 6.07 Å². The van der Waals surface area contributed by atoms with Crippen LogP contribution in [-0.2, 0) is 6.18 Å². The van der Waals surface area contributed by atoms with Crippen molar-refractivity contribution in [3.63, 3.8) is 0 Å². The Morgan fingerprint density at radius 2 is 2.00 bits per heavy atom. The highest BCUT2D eigenvalue weighted by Gasteiger charge is 2.30. The van der Waals surface area contributed by atoms with Crippen LogP contribution in [0.15, 0.2) is 22.9 Å². The maximum absolute atomic E-state index is 12.3. The molecule has 0 aliphatic carbocycles. The molecule has 0 saturated heterocycles. The lowest BCUT2D eigenvalue weighted by Gasteiger charge is -2.05. The van der Waals surface area contributed by atoms with Crippen molar-refractivity contribution >= 4 is 5.82 Å². The summed E-state index contributed by atoms with van der Waals surface area (Å²) in [6.45, 7) is 1.65. The van der Waals surface area contributed by atoms with Gasteiger partial charge in [0.1, 0.15) is 5.69 Å². The lowest BCUT2D eigenvalue weighted by atomic mass is 10.2. The third-order valence-electron chi connectivity index (χ3n) is 2.28. The summed E-state index contributed by atoms with van der Waals surface area (Å²) in [7, 11) is 0. The van der Waals surface area contributed by atoms with Gasteiger partial charge in [-0.1, -0.05) is 5.16 Å². The molecule has 90 valence electrons. The molecule has 2 heterocycles. The Morgan fingerprint density at radius 1 is 1.29 bits per heavy atom. The number of alkyl halides is 3. The van der Waals surface area contributed by atoms with Gasteiger partial charge in [-0.15, -0.1) is 0 Å². The monoisotopic (exact) mass is 243 g/mol. The number of halogens is 3. The first kappa shape index (κ1) is 11.4. The molecule has 2 aromatic heterocycles. The van der Waals surface area contributed by atoms with Gasteiger partial charge in [0.25, 0.3) is 0 Å². The fourth-order valence-corrected chi connectivity index (χ4v) is 1.28. The first-order valence-corrected chi connectivity index (χ1v) is 4.65. The van der Waals surface area contributed by atoms with Gasteiger partial charge in [0.05, 0.1) is 5.56 Å². The molecule has 2 aromatic rings. The number of nitrogens with two attached hydrogens (primary N) is 1. The summed E-state index contributed by atoms with van der Waals surface area (Å²) in [6.07, 6.45) is -3.66. The lowest BCUT2D eigenvalue weighted by molar-refractivity contribution is -0.137. The Hall–Kier alpha value is -2.05. The number of aromatic nitrogens is 2. The zero-order chi connectivity index (χ0) is 12.6. The zero-order valence-corrected chi connectivity index (χ0v) is 8.75. The van der Waals surface area contributed by atoms with Gasteiger partial charge in [0.2, 0.25) is 0 Å². The highest BCUT2D eigenvalue weighted by Crippen LogP contribution is 2.31. The van der Waals surface area contributed by atoms with Crippen molar-refractivity contribution in [3.8, 4) is 11.5 Å². The molecule has 0 bridgehead atoms. The molecule has 0 atom stereocenters. The van der Waals surface area contributed by atoms with E-state index in [9.17, 15) is 13.2 Å². The molecule has 2 N–H and O–H groups in total. The molecule has 0 amide bonds. The van der Waals surface area contributed by atoms with Gasteiger partial charge in [-0.3, -0.25) is 4.98 Å². The molecule has 0 unspecified atom stereocenters. The van der Waals surface area contributed by atoms with Crippen LogP contribution in [0, 0.1) is 6.92 Å². The molecule has 4 nitrogen and oxygen atoms in total. The van der Waals surface area contributed by atoms with Crippen molar-refractivity contribution in [2.24, 2.45) is 0 Å². The van der Waals surface area contributed by atoms with Crippen LogP contribution >= 0.6 is 0 Å². The quantitative estimate of drug-likeness (QED) is 0.836. The van der Waals surface area contributed by atoms with Crippen molar-refractivity contribution in [2.75, 3.05) is 5.73 Å². The predicted octanol–water partition coefficient (Wildman–Crippen LogP) is 2.65. The molecular formula is C10H8F3N3O. The fourth-order valence-electron chi connectivity index (χ4n) is 1.28. The van der Waals surface area contributed by atoms with Crippen LogP contribution in [0.4, 0.5) is 19.0 Å². The molecule has 2 rings (SSSR count). The second-order valence-electron chi connectivity index (χ2n) is 3.45. The van der Waals surface area contributed by atoms with Crippen LogP contribution in [0.3, 0.4) is 0 Å². The van der Waals surface area contributed by atoms with Crippen molar-refractivity contribution in [1.82, 2.24) is 10.1 Å². The molecule has 0 fully saturated rings. The maximum atomic E-state index is 12.3. The SMILES string of the molecule is Cc1c(N)noc1-c1ccc(C(F)(F)F)cn1. The van der Waals surface area contributed by atoms with Crippen LogP contribution in [0.1, 0.15) is 11.1 Å². The summed E-state index contributed by atoms with van der Waals surface area (Å²) in [6, 6.07) is 2.15. The van der Waals surface area contributed by atoms with E-state index in [1.54, 1.807) is 6.92 Å². The highest BCUT2D eigenvalue weighted by molar-refractivity contribution is 5.62. The summed E-state index contributed by atoms with van der Waals surface area (Å²) in [5.74, 6) is 0.470. The van der Waals surface area contributed by atoms with Gasteiger partial charge in [0, 0.05) is 11.8 Å². The van der Waals surface area contributed by atoms with Crippen LogP contribution in [0.25, 0.3) is 11.5 Å². The number of hydrogen-bond donors (Lipinski definition) is 1. The van der Waals surface area contributed by atoms with Crippen LogP contribution < -0.4 is 5.73 Å². The van der Waals surface area contributed by atoms with E-state index in [0.29, 0.717) is 5.56 Å². The normalized spacial score (nSPS) is 11.8. The number of hydrogen-bond acceptors (Lipinski definition) is 4. The van der Waals surface area contributed by atoms with E-state index in [1.807, 2.05) is 0 Å². The number of nitrogens with zero attached hydrogens (tertiary/aromatic N) is 2. The minimum Gasteiger partial charge on any atom is -0.381 e. The van der Waals surface area contributed by atoms with Gasteiger partial charge in [-0.05, 0) is 19.1 Å². The summed E-state index contributed by atoms with van der Waals surface area (Å²) in [5.41, 5.74) is 5.47. The smallest absolute Gasteiger partial charge is 0.381 e. The summed E-state index contributed by atoms with van der Waals surface area (Å²) in [5, 5.41) is 3.50. The second kappa shape index (κ2) is 3.76. The first-order chi connectivity index (χ1) is 7.89. The van der Waals surface area contributed by atoms with Gasteiger partial charge < -0.3 is 10.3 Å². The summed E-state index contributed by atoms with van der Waals surface area (Å²) >= 11 is 0. The number of pyridine rings is 1. The standard InChI is InChI=1S/C10H8F3N3O/c1-5-8(17-16-9(5)14)7-3-2-6(4-15-7)10(11,12)13/h2-4H,1H3,(H2,14,16). The largest absolute Gasteiger partial charge is 0.417 e. The molecule has 7 heteroatoms. The van der Waals surface area contributed by atoms with Crippen LogP contribution in [0.2, 0.25) is 0 Å². The Kier molecular flexibility index (Phi) is 2.53. The molecule has 0 aromatic carbocycles. The second-order valence-corrected chi connectivity index (χ2v) is 3.45. The van der Waals surface area contributed by atoms with E-state index in [2.05, 4.69) is 10.1 Å². The van der Waals surface area contributed by atoms with E-state index < -0.39 is 11.7 Å². The number of nitrogen functional groups attached to an aromatic ring is 1. The Balaban J connectivity index is 2.40. The molecule has 0 aliphatic rings. The highest BCUT2D eigenvalue weighted by atomic mass is 19.4. The van der Waals surface area contributed by atoms with Gasteiger partial charge in [0.15, 0.2) is 11.6 Å². The topological polar surface area (TPSA) is 64.9 Å². The Labute approximate surface area is 94.2 Å². The first-order valence-electron chi connectivity index (χ1n) is 4.65. The number of anilines is 1. The van der Waals surface area contributed by atoms with Crippen molar-refractivity contribution in [3.05, 3.63) is 29.5 Å². The average molecular weight is 243 g/mol. The van der Waals surface area contributed by atoms with Crippen molar-refractivity contribution < 1.29 is 17.7 Å². The molecule has 0 spiro atoms. The molecule has 0 saturated carbocycles.